The van der Waals surface area contributed by atoms with E-state index in [2.05, 4.69) is 38.4 Å². The summed E-state index contributed by atoms with van der Waals surface area (Å²) in [6.07, 6.45) is 1.43. The molecule has 0 atom stereocenters. The van der Waals surface area contributed by atoms with Crippen molar-refractivity contribution < 1.29 is 14.7 Å². The van der Waals surface area contributed by atoms with Crippen molar-refractivity contribution in [2.24, 2.45) is 5.10 Å². The molecule has 24 heavy (non-hydrogen) atoms. The van der Waals surface area contributed by atoms with E-state index in [1.807, 2.05) is 12.1 Å². The van der Waals surface area contributed by atoms with Crippen LogP contribution in [-0.4, -0.2) is 23.1 Å². The number of anilines is 1. The number of rotatable bonds is 6. The Labute approximate surface area is 153 Å². The molecule has 3 N–H and O–H groups in total. The molecule has 2 aromatic carbocycles. The zero-order chi connectivity index (χ0) is 17.4. The lowest BCUT2D eigenvalue weighted by atomic mass is 10.2. The van der Waals surface area contributed by atoms with Gasteiger partial charge >= 0.3 is 0 Å². The van der Waals surface area contributed by atoms with Crippen LogP contribution in [0.1, 0.15) is 18.4 Å². The summed E-state index contributed by atoms with van der Waals surface area (Å²) < 4.78 is 1.08. The van der Waals surface area contributed by atoms with Crippen LogP contribution in [-0.2, 0) is 9.59 Å². The van der Waals surface area contributed by atoms with E-state index in [0.29, 0.717) is 11.3 Å². The van der Waals surface area contributed by atoms with Crippen molar-refractivity contribution in [2.75, 3.05) is 5.32 Å². The molecule has 0 bridgehead atoms. The van der Waals surface area contributed by atoms with E-state index in [4.69, 9.17) is 0 Å². The highest BCUT2D eigenvalue weighted by Gasteiger charge is 2.06. The van der Waals surface area contributed by atoms with Gasteiger partial charge in [0, 0.05) is 27.7 Å². The SMILES string of the molecule is O=C(CCC(=O)Nc1ccc(I)cc1)N/N=C\c1ccccc1O. The summed E-state index contributed by atoms with van der Waals surface area (Å²) in [6.45, 7) is 0. The molecule has 0 aromatic heterocycles. The normalized spacial score (nSPS) is 10.5. The lowest BCUT2D eigenvalue weighted by Gasteiger charge is -2.05. The fourth-order valence-electron chi connectivity index (χ4n) is 1.81. The molecule has 0 fully saturated rings. The minimum atomic E-state index is -0.376. The van der Waals surface area contributed by atoms with Crippen LogP contribution in [0.15, 0.2) is 53.6 Å². The quantitative estimate of drug-likeness (QED) is 0.369. The van der Waals surface area contributed by atoms with Crippen LogP contribution in [0.3, 0.4) is 0 Å². The highest BCUT2D eigenvalue weighted by Crippen LogP contribution is 2.13. The molecule has 0 heterocycles. The zero-order valence-electron chi connectivity index (χ0n) is 12.7. The predicted octanol–water partition coefficient (Wildman–Crippen LogP) is 2.87. The molecule has 0 unspecified atom stereocenters. The van der Waals surface area contributed by atoms with Crippen molar-refractivity contribution in [2.45, 2.75) is 12.8 Å². The van der Waals surface area contributed by atoms with Gasteiger partial charge in [0.1, 0.15) is 5.75 Å². The standard InChI is InChI=1S/C17H16IN3O3/c18-13-5-7-14(8-6-13)20-16(23)9-10-17(24)21-19-11-12-3-1-2-4-15(12)22/h1-8,11,22H,9-10H2,(H,20,23)(H,21,24)/b19-11-. The van der Waals surface area contributed by atoms with E-state index >= 15 is 0 Å². The Morgan fingerprint density at radius 1 is 1.04 bits per heavy atom. The van der Waals surface area contributed by atoms with Crippen LogP contribution >= 0.6 is 22.6 Å². The first-order valence-electron chi connectivity index (χ1n) is 7.20. The van der Waals surface area contributed by atoms with Crippen LogP contribution in [0.5, 0.6) is 5.75 Å². The van der Waals surface area contributed by atoms with E-state index in [1.165, 1.54) is 12.3 Å². The number of carbonyl (C=O) groups excluding carboxylic acids is 2. The molecule has 0 aliphatic carbocycles. The van der Waals surface area contributed by atoms with Crippen molar-refractivity contribution in [3.8, 4) is 5.75 Å². The second-order valence-electron chi connectivity index (χ2n) is 4.91. The second-order valence-corrected chi connectivity index (χ2v) is 6.15. The number of carbonyl (C=O) groups is 2. The van der Waals surface area contributed by atoms with Crippen LogP contribution in [0.4, 0.5) is 5.69 Å². The van der Waals surface area contributed by atoms with Crippen molar-refractivity contribution in [1.82, 2.24) is 5.43 Å². The number of para-hydroxylation sites is 1. The molecule has 2 amide bonds. The van der Waals surface area contributed by atoms with Crippen LogP contribution < -0.4 is 10.7 Å². The minimum absolute atomic E-state index is 0.0221. The van der Waals surface area contributed by atoms with Gasteiger partial charge in [-0.2, -0.15) is 5.10 Å². The summed E-state index contributed by atoms with van der Waals surface area (Å²) in [6, 6.07) is 14.0. The number of benzene rings is 2. The summed E-state index contributed by atoms with van der Waals surface area (Å²) in [7, 11) is 0. The third kappa shape index (κ3) is 5.99. The number of nitrogens with zero attached hydrogens (tertiary/aromatic N) is 1. The monoisotopic (exact) mass is 437 g/mol. The molecule has 2 aromatic rings. The number of hydrazone groups is 1. The first kappa shape index (κ1) is 17.9. The van der Waals surface area contributed by atoms with Gasteiger partial charge in [-0.1, -0.05) is 12.1 Å². The Balaban J connectivity index is 1.73. The molecule has 0 aliphatic heterocycles. The maximum Gasteiger partial charge on any atom is 0.240 e. The Morgan fingerprint density at radius 2 is 1.71 bits per heavy atom. The largest absolute Gasteiger partial charge is 0.507 e. The van der Waals surface area contributed by atoms with Crippen LogP contribution in [0, 0.1) is 3.57 Å². The van der Waals surface area contributed by atoms with Gasteiger partial charge in [-0.15, -0.1) is 0 Å². The van der Waals surface area contributed by atoms with Gasteiger partial charge in [0.15, 0.2) is 0 Å². The number of hydrogen-bond donors (Lipinski definition) is 3. The Kier molecular flexibility index (Phi) is 6.74. The van der Waals surface area contributed by atoms with Crippen LogP contribution in [0.25, 0.3) is 0 Å². The number of hydrogen-bond acceptors (Lipinski definition) is 4. The summed E-state index contributed by atoms with van der Waals surface area (Å²) in [5, 5.41) is 16.0. The van der Waals surface area contributed by atoms with Gasteiger partial charge in [0.25, 0.3) is 0 Å². The van der Waals surface area contributed by atoms with Gasteiger partial charge in [-0.25, -0.2) is 5.43 Å². The van der Waals surface area contributed by atoms with Crippen molar-refractivity contribution >= 4 is 46.3 Å². The second kappa shape index (κ2) is 9.02. The van der Waals surface area contributed by atoms with Gasteiger partial charge in [0.2, 0.25) is 11.8 Å². The highest BCUT2D eigenvalue weighted by molar-refractivity contribution is 14.1. The summed E-state index contributed by atoms with van der Waals surface area (Å²) in [5.74, 6) is -0.539. The number of nitrogens with one attached hydrogen (secondary N) is 2. The van der Waals surface area contributed by atoms with Gasteiger partial charge in [-0.05, 0) is 59.0 Å². The zero-order valence-corrected chi connectivity index (χ0v) is 14.9. The van der Waals surface area contributed by atoms with Crippen molar-refractivity contribution in [1.29, 1.82) is 0 Å². The topological polar surface area (TPSA) is 90.8 Å². The number of amides is 2. The first-order valence-corrected chi connectivity index (χ1v) is 8.28. The molecule has 0 aliphatic rings. The summed E-state index contributed by atoms with van der Waals surface area (Å²) in [5.41, 5.74) is 3.51. The number of phenols is 1. The number of aromatic hydroxyl groups is 1. The van der Waals surface area contributed by atoms with Gasteiger partial charge < -0.3 is 10.4 Å². The lowest BCUT2D eigenvalue weighted by Crippen LogP contribution is -2.20. The summed E-state index contributed by atoms with van der Waals surface area (Å²) in [4.78, 5) is 23.4. The minimum Gasteiger partial charge on any atom is -0.507 e. The fourth-order valence-corrected chi connectivity index (χ4v) is 2.17. The Bertz CT molecular complexity index is 745. The first-order chi connectivity index (χ1) is 11.5. The number of halogens is 1. The smallest absolute Gasteiger partial charge is 0.240 e. The summed E-state index contributed by atoms with van der Waals surface area (Å²) >= 11 is 2.18. The lowest BCUT2D eigenvalue weighted by molar-refractivity contribution is -0.124. The fraction of sp³-hybridized carbons (Fsp3) is 0.118. The highest BCUT2D eigenvalue weighted by atomic mass is 127. The predicted molar refractivity (Wildman–Crippen MR) is 101 cm³/mol. The van der Waals surface area contributed by atoms with Crippen molar-refractivity contribution in [3.05, 3.63) is 57.7 Å². The van der Waals surface area contributed by atoms with E-state index in [1.54, 1.807) is 30.3 Å². The molecule has 2 rings (SSSR count). The average molecular weight is 437 g/mol. The Hall–Kier alpha value is -2.42. The molecule has 7 heteroatoms. The van der Waals surface area contributed by atoms with E-state index < -0.39 is 0 Å². The maximum atomic E-state index is 11.8. The number of phenolic OH excluding ortho intramolecular Hbond substituents is 1. The molecule has 0 saturated carbocycles. The van der Waals surface area contributed by atoms with Gasteiger partial charge in [0.05, 0.1) is 6.21 Å². The molecular weight excluding hydrogens is 421 g/mol. The van der Waals surface area contributed by atoms with E-state index in [0.717, 1.165) is 3.57 Å². The van der Waals surface area contributed by atoms with E-state index in [-0.39, 0.29) is 30.4 Å². The molecule has 124 valence electrons. The third-order valence-electron chi connectivity index (χ3n) is 3.04. The average Bonchev–Trinajstić information content (AvgIpc) is 2.57. The molecule has 0 saturated heterocycles. The molecule has 0 spiro atoms. The van der Waals surface area contributed by atoms with Gasteiger partial charge in [-0.3, -0.25) is 9.59 Å². The van der Waals surface area contributed by atoms with Crippen LogP contribution in [0.2, 0.25) is 0 Å². The third-order valence-corrected chi connectivity index (χ3v) is 3.76. The Morgan fingerprint density at radius 3 is 2.42 bits per heavy atom. The molecular formula is C17H16IN3O3. The van der Waals surface area contributed by atoms with Crippen molar-refractivity contribution in [3.63, 3.8) is 0 Å². The van der Waals surface area contributed by atoms with E-state index in [9.17, 15) is 14.7 Å². The molecule has 0 radical (unpaired) electrons. The maximum absolute atomic E-state index is 11.8. The molecule has 6 nitrogen and oxygen atoms in total.